The second-order valence-corrected chi connectivity index (χ2v) is 7.86. The topological polar surface area (TPSA) is 58.6 Å². The molecule has 152 valence electrons. The standard InChI is InChI=1S/C23H26N2O3S/c1-3-28-14-6-13-24-22(26)16-25-19-7-4-5-8-20(19)29-21(23(25)27)15-18-11-9-17(2)10-12-18/h4-5,7-12,15H,3,6,13-14,16H2,1-2H3,(H,24,26). The molecule has 1 N–H and O–H groups in total. The molecule has 0 atom stereocenters. The average molecular weight is 411 g/mol. The van der Waals surface area contributed by atoms with Gasteiger partial charge in [0, 0.05) is 24.7 Å². The molecule has 2 amide bonds. The number of anilines is 1. The van der Waals surface area contributed by atoms with Gasteiger partial charge in [-0.15, -0.1) is 0 Å². The first-order valence-electron chi connectivity index (χ1n) is 9.80. The van der Waals surface area contributed by atoms with E-state index in [0.29, 0.717) is 24.7 Å². The minimum absolute atomic E-state index is 0.00369. The van der Waals surface area contributed by atoms with Crippen LogP contribution in [0.5, 0.6) is 0 Å². The Kier molecular flexibility index (Phi) is 7.49. The van der Waals surface area contributed by atoms with Gasteiger partial charge in [-0.1, -0.05) is 53.7 Å². The molecule has 1 aliphatic rings. The van der Waals surface area contributed by atoms with E-state index in [4.69, 9.17) is 4.74 Å². The van der Waals surface area contributed by atoms with Gasteiger partial charge >= 0.3 is 0 Å². The monoisotopic (exact) mass is 410 g/mol. The average Bonchev–Trinajstić information content (AvgIpc) is 2.72. The number of carbonyl (C=O) groups excluding carboxylic acids is 2. The molecule has 0 saturated heterocycles. The summed E-state index contributed by atoms with van der Waals surface area (Å²) in [5, 5.41) is 2.87. The Labute approximate surface area is 176 Å². The molecule has 0 aromatic heterocycles. The number of hydrogen-bond acceptors (Lipinski definition) is 4. The van der Waals surface area contributed by atoms with Crippen molar-refractivity contribution in [2.24, 2.45) is 0 Å². The number of para-hydroxylation sites is 1. The van der Waals surface area contributed by atoms with Crippen LogP contribution in [0, 0.1) is 6.92 Å². The SMILES string of the molecule is CCOCCCNC(=O)CN1C(=O)C(=Cc2ccc(C)cc2)Sc2ccccc21. The van der Waals surface area contributed by atoms with E-state index in [9.17, 15) is 9.59 Å². The first-order valence-corrected chi connectivity index (χ1v) is 10.6. The lowest BCUT2D eigenvalue weighted by atomic mass is 10.1. The maximum Gasteiger partial charge on any atom is 0.265 e. The minimum Gasteiger partial charge on any atom is -0.382 e. The van der Waals surface area contributed by atoms with Crippen molar-refractivity contribution in [3.8, 4) is 0 Å². The van der Waals surface area contributed by atoms with Crippen molar-refractivity contribution < 1.29 is 14.3 Å². The molecule has 29 heavy (non-hydrogen) atoms. The molecular weight excluding hydrogens is 384 g/mol. The molecule has 2 aromatic carbocycles. The van der Waals surface area contributed by atoms with Crippen LogP contribution >= 0.6 is 11.8 Å². The van der Waals surface area contributed by atoms with Gasteiger partial charge in [0.1, 0.15) is 6.54 Å². The molecule has 1 aliphatic heterocycles. The zero-order chi connectivity index (χ0) is 20.6. The summed E-state index contributed by atoms with van der Waals surface area (Å²) in [4.78, 5) is 28.7. The zero-order valence-corrected chi connectivity index (χ0v) is 17.6. The van der Waals surface area contributed by atoms with Crippen LogP contribution in [0.4, 0.5) is 5.69 Å². The highest BCUT2D eigenvalue weighted by Crippen LogP contribution is 2.41. The van der Waals surface area contributed by atoms with Crippen molar-refractivity contribution in [2.45, 2.75) is 25.2 Å². The van der Waals surface area contributed by atoms with Crippen LogP contribution in [0.2, 0.25) is 0 Å². The maximum absolute atomic E-state index is 13.1. The van der Waals surface area contributed by atoms with Crippen LogP contribution < -0.4 is 10.2 Å². The Hall–Kier alpha value is -2.57. The fourth-order valence-corrected chi connectivity index (χ4v) is 4.04. The third-order valence-electron chi connectivity index (χ3n) is 4.50. The van der Waals surface area contributed by atoms with Gasteiger partial charge in [-0.05, 0) is 44.0 Å². The Morgan fingerprint density at radius 3 is 2.69 bits per heavy atom. The Morgan fingerprint density at radius 1 is 1.17 bits per heavy atom. The quantitative estimate of drug-likeness (QED) is 0.528. The normalized spacial score (nSPS) is 14.8. The first kappa shape index (κ1) is 21.1. The number of hydrogen-bond donors (Lipinski definition) is 1. The van der Waals surface area contributed by atoms with Crippen LogP contribution in [0.15, 0.2) is 58.3 Å². The van der Waals surface area contributed by atoms with Crippen molar-refractivity contribution in [1.82, 2.24) is 5.32 Å². The summed E-state index contributed by atoms with van der Waals surface area (Å²) in [5.41, 5.74) is 2.90. The van der Waals surface area contributed by atoms with Crippen molar-refractivity contribution >= 4 is 35.3 Å². The van der Waals surface area contributed by atoms with Gasteiger partial charge in [0.05, 0.1) is 10.6 Å². The summed E-state index contributed by atoms with van der Waals surface area (Å²) >= 11 is 1.44. The first-order chi connectivity index (χ1) is 14.1. The molecule has 0 bridgehead atoms. The molecule has 0 unspecified atom stereocenters. The number of nitrogens with one attached hydrogen (secondary N) is 1. The number of ether oxygens (including phenoxy) is 1. The molecule has 0 aliphatic carbocycles. The Morgan fingerprint density at radius 2 is 1.93 bits per heavy atom. The van der Waals surface area contributed by atoms with Crippen molar-refractivity contribution in [3.63, 3.8) is 0 Å². The highest BCUT2D eigenvalue weighted by atomic mass is 32.2. The zero-order valence-electron chi connectivity index (χ0n) is 16.8. The number of carbonyl (C=O) groups is 2. The molecular formula is C23H26N2O3S. The van der Waals surface area contributed by atoms with E-state index < -0.39 is 0 Å². The van der Waals surface area contributed by atoms with Crippen molar-refractivity contribution in [2.75, 3.05) is 31.2 Å². The smallest absolute Gasteiger partial charge is 0.265 e. The molecule has 0 radical (unpaired) electrons. The fraction of sp³-hybridized carbons (Fsp3) is 0.304. The summed E-state index contributed by atoms with van der Waals surface area (Å²) in [5.74, 6) is -0.329. The van der Waals surface area contributed by atoms with Crippen LogP contribution in [0.1, 0.15) is 24.5 Å². The summed E-state index contributed by atoms with van der Waals surface area (Å²) in [6.45, 7) is 5.78. The highest BCUT2D eigenvalue weighted by Gasteiger charge is 2.30. The molecule has 1 heterocycles. The number of fused-ring (bicyclic) bond motifs is 1. The Balaban J connectivity index is 1.75. The third-order valence-corrected chi connectivity index (χ3v) is 5.58. The molecule has 5 nitrogen and oxygen atoms in total. The van der Waals surface area contributed by atoms with Crippen LogP contribution in [-0.2, 0) is 14.3 Å². The van der Waals surface area contributed by atoms with Gasteiger partial charge in [0.2, 0.25) is 5.91 Å². The van der Waals surface area contributed by atoms with Gasteiger partial charge in [-0.25, -0.2) is 0 Å². The number of nitrogens with zero attached hydrogens (tertiary/aromatic N) is 1. The van der Waals surface area contributed by atoms with Gasteiger partial charge in [-0.2, -0.15) is 0 Å². The predicted molar refractivity (Wildman–Crippen MR) is 118 cm³/mol. The summed E-state index contributed by atoms with van der Waals surface area (Å²) in [6.07, 6.45) is 2.63. The van der Waals surface area contributed by atoms with E-state index in [0.717, 1.165) is 22.6 Å². The lowest BCUT2D eigenvalue weighted by Gasteiger charge is -2.29. The van der Waals surface area contributed by atoms with Gasteiger partial charge in [0.15, 0.2) is 0 Å². The van der Waals surface area contributed by atoms with E-state index in [1.54, 1.807) is 4.90 Å². The number of aryl methyl sites for hydroxylation is 1. The van der Waals surface area contributed by atoms with Gasteiger partial charge < -0.3 is 10.1 Å². The maximum atomic E-state index is 13.1. The van der Waals surface area contributed by atoms with Crippen LogP contribution in [0.25, 0.3) is 6.08 Å². The van der Waals surface area contributed by atoms with Gasteiger partial charge in [-0.3, -0.25) is 14.5 Å². The number of amides is 2. The van der Waals surface area contributed by atoms with Crippen molar-refractivity contribution in [3.05, 3.63) is 64.6 Å². The Bertz CT molecular complexity index is 893. The van der Waals surface area contributed by atoms with Crippen LogP contribution in [-0.4, -0.2) is 38.1 Å². The van der Waals surface area contributed by atoms with E-state index in [1.807, 2.05) is 68.5 Å². The molecule has 0 spiro atoms. The summed E-state index contributed by atoms with van der Waals surface area (Å²) in [6, 6.07) is 15.7. The second kappa shape index (κ2) is 10.3. The molecule has 0 fully saturated rings. The summed E-state index contributed by atoms with van der Waals surface area (Å²) < 4.78 is 5.28. The lowest BCUT2D eigenvalue weighted by Crippen LogP contribution is -2.43. The fourth-order valence-electron chi connectivity index (χ4n) is 2.98. The van der Waals surface area contributed by atoms with Gasteiger partial charge in [0.25, 0.3) is 5.91 Å². The van der Waals surface area contributed by atoms with E-state index >= 15 is 0 Å². The number of rotatable bonds is 8. The molecule has 0 saturated carbocycles. The van der Waals surface area contributed by atoms with E-state index in [1.165, 1.54) is 17.3 Å². The lowest BCUT2D eigenvalue weighted by molar-refractivity contribution is -0.122. The third kappa shape index (κ3) is 5.71. The van der Waals surface area contributed by atoms with E-state index in [-0.39, 0.29) is 18.4 Å². The highest BCUT2D eigenvalue weighted by molar-refractivity contribution is 8.04. The summed E-state index contributed by atoms with van der Waals surface area (Å²) in [7, 11) is 0. The second-order valence-electron chi connectivity index (χ2n) is 6.78. The predicted octanol–water partition coefficient (Wildman–Crippen LogP) is 4.02. The largest absolute Gasteiger partial charge is 0.382 e. The molecule has 3 rings (SSSR count). The number of thioether (sulfide) groups is 1. The minimum atomic E-state index is -0.175. The number of benzene rings is 2. The van der Waals surface area contributed by atoms with Crippen LogP contribution in [0.3, 0.4) is 0 Å². The van der Waals surface area contributed by atoms with Crippen molar-refractivity contribution in [1.29, 1.82) is 0 Å². The molecule has 6 heteroatoms. The molecule has 2 aromatic rings. The van der Waals surface area contributed by atoms with E-state index in [2.05, 4.69) is 5.32 Å².